The highest BCUT2D eigenvalue weighted by Crippen LogP contribution is 2.43. The summed E-state index contributed by atoms with van der Waals surface area (Å²) in [6.07, 6.45) is -2.67. The lowest BCUT2D eigenvalue weighted by atomic mass is 10.1. The average Bonchev–Trinajstić information content (AvgIpc) is 3.07. The molecule has 2 fully saturated rings. The second-order valence-corrected chi connectivity index (χ2v) is 7.12. The highest BCUT2D eigenvalue weighted by Gasteiger charge is 2.56. The first-order chi connectivity index (χ1) is 11.3. The van der Waals surface area contributed by atoms with Crippen molar-refractivity contribution in [2.24, 2.45) is 0 Å². The number of H-pyrrole nitrogens is 1. The molecule has 0 saturated carbocycles. The number of hydrogen-bond acceptors (Lipinski definition) is 9. The number of aromatic amines is 1. The number of nitrogen functional groups attached to an aromatic ring is 1. The number of aliphatic hydroxyl groups is 1. The van der Waals surface area contributed by atoms with Crippen molar-refractivity contribution < 1.29 is 19.3 Å². The molecule has 0 aliphatic carbocycles. The van der Waals surface area contributed by atoms with Crippen LogP contribution in [0.5, 0.6) is 0 Å². The van der Waals surface area contributed by atoms with Crippen molar-refractivity contribution in [3.05, 3.63) is 20.0 Å². The van der Waals surface area contributed by atoms with Gasteiger partial charge in [-0.2, -0.15) is 4.98 Å². The van der Waals surface area contributed by atoms with Crippen LogP contribution in [0.25, 0.3) is 10.3 Å². The smallest absolute Gasteiger partial charge is 0.311 e. The molecule has 0 aromatic carbocycles. The first kappa shape index (κ1) is 15.7. The van der Waals surface area contributed by atoms with Gasteiger partial charge in [0, 0.05) is 0 Å². The molecular weight excluding hydrogens is 340 g/mol. The quantitative estimate of drug-likeness (QED) is 0.631. The molecule has 4 heterocycles. The third-order valence-electron chi connectivity index (χ3n) is 4.05. The molecular formula is C13H16N4O6S. The van der Waals surface area contributed by atoms with Crippen molar-refractivity contribution in [3.8, 4) is 0 Å². The van der Waals surface area contributed by atoms with Crippen LogP contribution in [0.2, 0.25) is 0 Å². The predicted molar refractivity (Wildman–Crippen MR) is 83.7 cm³/mol. The number of nitrogens with one attached hydrogen (secondary N) is 1. The van der Waals surface area contributed by atoms with Crippen LogP contribution in [-0.4, -0.2) is 50.3 Å². The summed E-state index contributed by atoms with van der Waals surface area (Å²) in [6, 6.07) is 0. The van der Waals surface area contributed by atoms with Gasteiger partial charge in [-0.15, -0.1) is 0 Å². The number of ether oxygens (including phenoxy) is 3. The van der Waals surface area contributed by atoms with E-state index in [-0.39, 0.29) is 22.9 Å². The van der Waals surface area contributed by atoms with Crippen molar-refractivity contribution in [1.82, 2.24) is 14.5 Å². The second kappa shape index (κ2) is 5.10. The number of anilines is 1. The molecule has 11 heteroatoms. The Labute approximate surface area is 138 Å². The molecule has 2 saturated heterocycles. The maximum Gasteiger partial charge on any atom is 0.311 e. The van der Waals surface area contributed by atoms with Gasteiger partial charge in [-0.05, 0) is 13.8 Å². The summed E-state index contributed by atoms with van der Waals surface area (Å²) in [5, 5.41) is 9.53. The van der Waals surface area contributed by atoms with E-state index in [0.29, 0.717) is 0 Å². The number of aromatic nitrogens is 3. The lowest BCUT2D eigenvalue weighted by Gasteiger charge is -2.23. The van der Waals surface area contributed by atoms with E-state index in [2.05, 4.69) is 9.97 Å². The van der Waals surface area contributed by atoms with Gasteiger partial charge in [-0.3, -0.25) is 19.1 Å². The topological polar surface area (TPSA) is 142 Å². The maximum atomic E-state index is 12.4. The van der Waals surface area contributed by atoms with Crippen LogP contribution < -0.4 is 16.2 Å². The summed E-state index contributed by atoms with van der Waals surface area (Å²) in [5.74, 6) is -0.972. The standard InChI is InChI=1S/C13H16N4O6S/c1-13(2)22-5-4(3-18)21-10(6(5)23-13)17-8-7(24-12(17)20)9(19)16-11(14)15-8/h4-6,10,18H,3H2,1-2H3,(H3,14,15,16,19)/t4-,5-,6?,10-/m1/s1. The molecule has 1 unspecified atom stereocenters. The fourth-order valence-corrected chi connectivity index (χ4v) is 4.03. The molecule has 2 aliphatic heterocycles. The zero-order valence-electron chi connectivity index (χ0n) is 12.9. The summed E-state index contributed by atoms with van der Waals surface area (Å²) in [6.45, 7) is 3.20. The van der Waals surface area contributed by atoms with E-state index in [1.54, 1.807) is 13.8 Å². The number of rotatable bonds is 2. The van der Waals surface area contributed by atoms with Crippen molar-refractivity contribution in [3.63, 3.8) is 0 Å². The van der Waals surface area contributed by atoms with E-state index in [0.717, 1.165) is 11.3 Å². The zero-order chi connectivity index (χ0) is 17.2. The molecule has 4 atom stereocenters. The van der Waals surface area contributed by atoms with E-state index >= 15 is 0 Å². The lowest BCUT2D eigenvalue weighted by molar-refractivity contribution is -0.199. The Morgan fingerprint density at radius 1 is 1.38 bits per heavy atom. The molecule has 0 bridgehead atoms. The van der Waals surface area contributed by atoms with Crippen molar-refractivity contribution in [1.29, 1.82) is 0 Å². The number of hydrogen-bond donors (Lipinski definition) is 3. The molecule has 2 aliphatic rings. The largest absolute Gasteiger partial charge is 0.394 e. The summed E-state index contributed by atoms with van der Waals surface area (Å²) in [5.41, 5.74) is 5.23. The zero-order valence-corrected chi connectivity index (χ0v) is 13.7. The minimum Gasteiger partial charge on any atom is -0.394 e. The first-order valence-electron chi connectivity index (χ1n) is 7.33. The Kier molecular flexibility index (Phi) is 3.34. The van der Waals surface area contributed by atoms with Gasteiger partial charge < -0.3 is 25.1 Å². The molecule has 0 radical (unpaired) electrons. The van der Waals surface area contributed by atoms with Crippen LogP contribution >= 0.6 is 11.3 Å². The minimum absolute atomic E-state index is 0.101. The predicted octanol–water partition coefficient (Wildman–Crippen LogP) is -0.862. The molecule has 24 heavy (non-hydrogen) atoms. The molecule has 2 aromatic rings. The summed E-state index contributed by atoms with van der Waals surface area (Å²) >= 11 is 0.751. The third-order valence-corrected chi connectivity index (χ3v) is 4.99. The number of fused-ring (bicyclic) bond motifs is 2. The highest BCUT2D eigenvalue weighted by atomic mass is 32.1. The number of nitrogens with zero attached hydrogens (tertiary/aromatic N) is 2. The molecule has 4 rings (SSSR count). The number of nitrogens with two attached hydrogens (primary N) is 1. The molecule has 10 nitrogen and oxygen atoms in total. The van der Waals surface area contributed by atoms with E-state index < -0.39 is 40.8 Å². The number of thiazole rings is 1. The summed E-state index contributed by atoms with van der Waals surface area (Å²) in [4.78, 5) is 30.4. The molecule has 0 spiro atoms. The van der Waals surface area contributed by atoms with Crippen LogP contribution in [0.1, 0.15) is 20.1 Å². The Balaban J connectivity index is 1.87. The van der Waals surface area contributed by atoms with Crippen molar-refractivity contribution in [2.75, 3.05) is 12.3 Å². The Morgan fingerprint density at radius 3 is 2.79 bits per heavy atom. The van der Waals surface area contributed by atoms with Gasteiger partial charge in [0.05, 0.1) is 6.61 Å². The van der Waals surface area contributed by atoms with Gasteiger partial charge in [-0.25, -0.2) is 0 Å². The number of aliphatic hydroxyl groups excluding tert-OH is 1. The van der Waals surface area contributed by atoms with Crippen molar-refractivity contribution in [2.45, 2.75) is 44.2 Å². The normalized spacial score (nSPS) is 31.6. The highest BCUT2D eigenvalue weighted by molar-refractivity contribution is 7.16. The Morgan fingerprint density at radius 2 is 2.08 bits per heavy atom. The van der Waals surface area contributed by atoms with Crippen LogP contribution in [-0.2, 0) is 14.2 Å². The SMILES string of the molecule is CC1(C)OC2[C@H](n3c(=O)sc4c(=O)[nH]c(N)nc43)O[C@H](CO)[C@H]2O1. The van der Waals surface area contributed by atoms with Crippen LogP contribution in [0.4, 0.5) is 5.95 Å². The van der Waals surface area contributed by atoms with Crippen molar-refractivity contribution >= 4 is 27.6 Å². The van der Waals surface area contributed by atoms with Gasteiger partial charge in [0.25, 0.3) is 5.56 Å². The van der Waals surface area contributed by atoms with E-state index in [4.69, 9.17) is 19.9 Å². The lowest BCUT2D eigenvalue weighted by Crippen LogP contribution is -2.32. The third kappa shape index (κ3) is 2.20. The molecule has 2 aromatic heterocycles. The van der Waals surface area contributed by atoms with E-state index in [9.17, 15) is 14.7 Å². The van der Waals surface area contributed by atoms with Crippen LogP contribution in [0.3, 0.4) is 0 Å². The summed E-state index contributed by atoms with van der Waals surface area (Å²) in [7, 11) is 0. The fraction of sp³-hybridized carbons (Fsp3) is 0.615. The van der Waals surface area contributed by atoms with Gasteiger partial charge in [-0.1, -0.05) is 11.3 Å². The summed E-state index contributed by atoms with van der Waals surface area (Å²) < 4.78 is 18.8. The van der Waals surface area contributed by atoms with Gasteiger partial charge >= 0.3 is 4.87 Å². The fourth-order valence-electron chi connectivity index (χ4n) is 3.18. The van der Waals surface area contributed by atoms with Gasteiger partial charge in [0.1, 0.15) is 23.0 Å². The van der Waals surface area contributed by atoms with E-state index in [1.165, 1.54) is 4.57 Å². The monoisotopic (exact) mass is 356 g/mol. The minimum atomic E-state index is -0.871. The maximum absolute atomic E-state index is 12.4. The Hall–Kier alpha value is -1.79. The Bertz CT molecular complexity index is 917. The van der Waals surface area contributed by atoms with E-state index in [1.807, 2.05) is 0 Å². The molecule has 0 amide bonds. The van der Waals surface area contributed by atoms with Gasteiger partial charge in [0.15, 0.2) is 17.7 Å². The van der Waals surface area contributed by atoms with Crippen LogP contribution in [0, 0.1) is 0 Å². The van der Waals surface area contributed by atoms with Crippen LogP contribution in [0.15, 0.2) is 9.59 Å². The van der Waals surface area contributed by atoms with Gasteiger partial charge in [0.2, 0.25) is 5.95 Å². The molecule has 130 valence electrons. The first-order valence-corrected chi connectivity index (χ1v) is 8.15. The molecule has 4 N–H and O–H groups in total. The average molecular weight is 356 g/mol. The second-order valence-electron chi connectivity index (χ2n) is 6.15.